The molecule has 0 bridgehead atoms. The van der Waals surface area contributed by atoms with Gasteiger partial charge in [0.05, 0.1) is 12.6 Å². The monoisotopic (exact) mass is 402 g/mol. The molecular weight excluding hydrogens is 386 g/mol. The van der Waals surface area contributed by atoms with Crippen molar-refractivity contribution in [2.24, 2.45) is 0 Å². The Balaban J connectivity index is 2.33. The van der Waals surface area contributed by atoms with Crippen molar-refractivity contribution in [1.29, 1.82) is 0 Å². The molecule has 12 heteroatoms. The molecule has 0 aliphatic carbocycles. The molecule has 1 aromatic carbocycles. The van der Waals surface area contributed by atoms with Gasteiger partial charge in [0.2, 0.25) is 0 Å². The van der Waals surface area contributed by atoms with E-state index >= 15 is 0 Å². The van der Waals surface area contributed by atoms with Crippen molar-refractivity contribution in [3.8, 4) is 0 Å². The van der Waals surface area contributed by atoms with E-state index in [-0.39, 0.29) is 25.3 Å². The summed E-state index contributed by atoms with van der Waals surface area (Å²) in [6, 6.07) is 2.21. The van der Waals surface area contributed by atoms with Crippen LogP contribution in [0.4, 0.5) is 36.8 Å². The van der Waals surface area contributed by atoms with Crippen molar-refractivity contribution in [3.63, 3.8) is 0 Å². The predicted octanol–water partition coefficient (Wildman–Crippen LogP) is 2.16. The summed E-state index contributed by atoms with van der Waals surface area (Å²) in [6.07, 6.45) is -13.2. The number of hydrogen-bond acceptors (Lipinski definition) is 4. The predicted molar refractivity (Wildman–Crippen MR) is 80.3 cm³/mol. The minimum atomic E-state index is -5.98. The molecule has 1 amide bonds. The number of piperazine rings is 1. The summed E-state index contributed by atoms with van der Waals surface area (Å²) in [5.74, 6) is 0. The molecule has 1 aliphatic rings. The number of aliphatic hydroxyl groups excluding tert-OH is 1. The summed E-state index contributed by atoms with van der Waals surface area (Å²) in [4.78, 5) is 13.5. The van der Waals surface area contributed by atoms with Crippen LogP contribution in [0.25, 0.3) is 0 Å². The van der Waals surface area contributed by atoms with Crippen LogP contribution in [0.3, 0.4) is 0 Å². The maximum Gasteiger partial charge on any atom is 0.430 e. The fourth-order valence-electron chi connectivity index (χ4n) is 2.91. The van der Waals surface area contributed by atoms with Crippen molar-refractivity contribution < 1.29 is 46.5 Å². The molecule has 2 rings (SSSR count). The average Bonchev–Trinajstić information content (AvgIpc) is 2.58. The summed E-state index contributed by atoms with van der Waals surface area (Å²) < 4.78 is 77.4. The Kier molecular flexibility index (Phi) is 5.53. The van der Waals surface area contributed by atoms with Crippen LogP contribution in [-0.4, -0.2) is 70.9 Å². The van der Waals surface area contributed by atoms with Crippen LogP contribution < -0.4 is 4.90 Å². The Bertz CT molecular complexity index is 662. The van der Waals surface area contributed by atoms with Crippen LogP contribution >= 0.6 is 0 Å². The number of rotatable bonds is 3. The lowest BCUT2D eigenvalue weighted by Crippen LogP contribution is -2.56. The van der Waals surface area contributed by atoms with E-state index in [1.165, 1.54) is 4.90 Å². The Morgan fingerprint density at radius 1 is 1.04 bits per heavy atom. The van der Waals surface area contributed by atoms with Gasteiger partial charge in [-0.25, -0.2) is 4.79 Å². The standard InChI is InChI=1S/C15H16F6N2O4/c16-14(17,18)13(27,15(19,20)21)9-1-3-10(4-2-9)23-6-5-22(12(25)26)7-11(23)8-24/h1-4,11,24,27H,5-8H2,(H,25,26)/t11-/m1/s1. The first-order valence-corrected chi connectivity index (χ1v) is 7.64. The highest BCUT2D eigenvalue weighted by Gasteiger charge is 2.71. The maximum absolute atomic E-state index is 12.9. The van der Waals surface area contributed by atoms with Gasteiger partial charge < -0.3 is 25.1 Å². The molecule has 0 unspecified atom stereocenters. The molecule has 0 radical (unpaired) electrons. The number of aliphatic hydroxyl groups is 2. The highest BCUT2D eigenvalue weighted by atomic mass is 19.4. The zero-order valence-corrected chi connectivity index (χ0v) is 13.6. The molecule has 152 valence electrons. The first-order chi connectivity index (χ1) is 12.3. The lowest BCUT2D eigenvalue weighted by molar-refractivity contribution is -0.376. The Morgan fingerprint density at radius 3 is 1.96 bits per heavy atom. The van der Waals surface area contributed by atoms with E-state index in [1.54, 1.807) is 0 Å². The number of halogens is 6. The molecule has 1 aliphatic heterocycles. The van der Waals surface area contributed by atoms with Gasteiger partial charge in [-0.15, -0.1) is 0 Å². The Labute approximate surface area is 149 Å². The van der Waals surface area contributed by atoms with Gasteiger partial charge in [-0.1, -0.05) is 12.1 Å². The second-order valence-corrected chi connectivity index (χ2v) is 6.01. The summed E-state index contributed by atoms with van der Waals surface area (Å²) in [7, 11) is 0. The normalized spacial score (nSPS) is 19.3. The van der Waals surface area contributed by atoms with Crippen LogP contribution in [0.15, 0.2) is 24.3 Å². The number of benzene rings is 1. The summed E-state index contributed by atoms with van der Waals surface area (Å²) in [6.45, 7) is -0.425. The minimum Gasteiger partial charge on any atom is -0.465 e. The fourth-order valence-corrected chi connectivity index (χ4v) is 2.91. The molecule has 3 N–H and O–H groups in total. The van der Waals surface area contributed by atoms with Gasteiger partial charge in [-0.3, -0.25) is 0 Å². The van der Waals surface area contributed by atoms with Crippen LogP contribution in [0.1, 0.15) is 5.56 Å². The molecule has 0 aromatic heterocycles. The smallest absolute Gasteiger partial charge is 0.430 e. The van der Waals surface area contributed by atoms with E-state index in [2.05, 4.69) is 0 Å². The van der Waals surface area contributed by atoms with Gasteiger partial charge in [0.25, 0.3) is 5.60 Å². The second-order valence-electron chi connectivity index (χ2n) is 6.01. The van der Waals surface area contributed by atoms with E-state index in [9.17, 15) is 41.4 Å². The molecule has 1 saturated heterocycles. The van der Waals surface area contributed by atoms with Gasteiger partial charge in [-0.2, -0.15) is 26.3 Å². The molecule has 0 saturated carbocycles. The van der Waals surface area contributed by atoms with Crippen molar-refractivity contribution in [2.75, 3.05) is 31.1 Å². The van der Waals surface area contributed by atoms with Gasteiger partial charge >= 0.3 is 18.4 Å². The molecule has 1 heterocycles. The SMILES string of the molecule is O=C(O)N1CCN(c2ccc(C(O)(C(F)(F)F)C(F)(F)F)cc2)[C@@H](CO)C1. The van der Waals surface area contributed by atoms with Crippen molar-refractivity contribution in [1.82, 2.24) is 4.90 Å². The second kappa shape index (κ2) is 7.08. The zero-order valence-electron chi connectivity index (χ0n) is 13.6. The lowest BCUT2D eigenvalue weighted by Gasteiger charge is -2.41. The van der Waals surface area contributed by atoms with Crippen molar-refractivity contribution in [3.05, 3.63) is 29.8 Å². The molecule has 27 heavy (non-hydrogen) atoms. The molecular formula is C15H16F6N2O4. The number of nitrogens with zero attached hydrogens (tertiary/aromatic N) is 2. The number of anilines is 1. The zero-order chi connectivity index (χ0) is 20.6. The van der Waals surface area contributed by atoms with Crippen LogP contribution in [0.5, 0.6) is 0 Å². The third-order valence-corrected chi connectivity index (χ3v) is 4.40. The van der Waals surface area contributed by atoms with E-state index < -0.39 is 42.3 Å². The van der Waals surface area contributed by atoms with Crippen molar-refractivity contribution >= 4 is 11.8 Å². The van der Waals surface area contributed by atoms with Gasteiger partial charge in [0.15, 0.2) is 0 Å². The van der Waals surface area contributed by atoms with Crippen molar-refractivity contribution in [2.45, 2.75) is 24.0 Å². The fraction of sp³-hybridized carbons (Fsp3) is 0.533. The number of hydrogen-bond donors (Lipinski definition) is 3. The molecule has 1 fully saturated rings. The summed E-state index contributed by atoms with van der Waals surface area (Å²) in [5, 5.41) is 27.8. The first-order valence-electron chi connectivity index (χ1n) is 7.64. The summed E-state index contributed by atoms with van der Waals surface area (Å²) >= 11 is 0. The van der Waals surface area contributed by atoms with Gasteiger partial charge in [-0.05, 0) is 12.1 Å². The Morgan fingerprint density at radius 2 is 1.56 bits per heavy atom. The number of amides is 1. The maximum atomic E-state index is 12.9. The third-order valence-electron chi connectivity index (χ3n) is 4.40. The average molecular weight is 402 g/mol. The lowest BCUT2D eigenvalue weighted by atomic mass is 9.92. The van der Waals surface area contributed by atoms with E-state index in [0.717, 1.165) is 17.0 Å². The molecule has 6 nitrogen and oxygen atoms in total. The largest absolute Gasteiger partial charge is 0.465 e. The topological polar surface area (TPSA) is 84.2 Å². The van der Waals surface area contributed by atoms with Crippen LogP contribution in [0, 0.1) is 0 Å². The minimum absolute atomic E-state index is 0.0443. The van der Waals surface area contributed by atoms with Crippen LogP contribution in [-0.2, 0) is 5.60 Å². The van der Waals surface area contributed by atoms with Gasteiger partial charge in [0, 0.05) is 30.9 Å². The number of carboxylic acid groups (broad SMARTS) is 1. The van der Waals surface area contributed by atoms with Crippen LogP contribution in [0.2, 0.25) is 0 Å². The molecule has 1 atom stereocenters. The first kappa shape index (κ1) is 21.1. The third kappa shape index (κ3) is 3.76. The van der Waals surface area contributed by atoms with E-state index in [0.29, 0.717) is 12.1 Å². The highest BCUT2D eigenvalue weighted by Crippen LogP contribution is 2.50. The van der Waals surface area contributed by atoms with Gasteiger partial charge in [0.1, 0.15) is 0 Å². The van der Waals surface area contributed by atoms with E-state index in [4.69, 9.17) is 5.11 Å². The number of carbonyl (C=O) groups is 1. The highest BCUT2D eigenvalue weighted by molar-refractivity contribution is 5.66. The summed E-state index contributed by atoms with van der Waals surface area (Å²) in [5.41, 5.74) is -6.22. The molecule has 0 spiro atoms. The Hall–Kier alpha value is -2.21. The number of alkyl halides is 6. The molecule has 1 aromatic rings. The van der Waals surface area contributed by atoms with E-state index in [1.807, 2.05) is 0 Å². The quantitative estimate of drug-likeness (QED) is 0.675.